The third kappa shape index (κ3) is 3.24. The van der Waals surface area contributed by atoms with Gasteiger partial charge < -0.3 is 15.4 Å². The van der Waals surface area contributed by atoms with Gasteiger partial charge in [0.25, 0.3) is 0 Å². The van der Waals surface area contributed by atoms with E-state index >= 15 is 0 Å². The SMILES string of the molecule is CNc1nc(C)nc(Nc2cccc(COC)c2)c1C. The zero-order valence-corrected chi connectivity index (χ0v) is 12.3. The predicted molar refractivity (Wildman–Crippen MR) is 81.5 cm³/mol. The number of ether oxygens (including phenoxy) is 1. The van der Waals surface area contributed by atoms with Crippen LogP contribution in [0.1, 0.15) is 17.0 Å². The number of aryl methyl sites for hydroxylation is 1. The standard InChI is InChI=1S/C15H20N4O/c1-10-14(16-3)17-11(2)18-15(10)19-13-7-5-6-12(8-13)9-20-4/h5-8H,9H2,1-4H3,(H2,16,17,18,19). The lowest BCUT2D eigenvalue weighted by Crippen LogP contribution is -2.05. The molecule has 0 amide bonds. The fraction of sp³-hybridized carbons (Fsp3) is 0.333. The van der Waals surface area contributed by atoms with Gasteiger partial charge in [-0.15, -0.1) is 0 Å². The topological polar surface area (TPSA) is 59.1 Å². The van der Waals surface area contributed by atoms with Crippen molar-refractivity contribution >= 4 is 17.3 Å². The van der Waals surface area contributed by atoms with Gasteiger partial charge in [0, 0.05) is 25.4 Å². The van der Waals surface area contributed by atoms with E-state index in [0.717, 1.165) is 34.3 Å². The first-order chi connectivity index (χ1) is 9.63. The molecule has 0 radical (unpaired) electrons. The molecule has 20 heavy (non-hydrogen) atoms. The Labute approximate surface area is 119 Å². The van der Waals surface area contributed by atoms with Gasteiger partial charge in [-0.25, -0.2) is 9.97 Å². The quantitative estimate of drug-likeness (QED) is 0.876. The molecular weight excluding hydrogens is 252 g/mol. The van der Waals surface area contributed by atoms with E-state index in [1.54, 1.807) is 7.11 Å². The first-order valence-corrected chi connectivity index (χ1v) is 6.52. The monoisotopic (exact) mass is 272 g/mol. The molecule has 2 N–H and O–H groups in total. The average molecular weight is 272 g/mol. The summed E-state index contributed by atoms with van der Waals surface area (Å²) in [6.45, 7) is 4.47. The molecule has 0 aliphatic carbocycles. The number of anilines is 3. The summed E-state index contributed by atoms with van der Waals surface area (Å²) in [4.78, 5) is 8.82. The summed E-state index contributed by atoms with van der Waals surface area (Å²) in [6, 6.07) is 8.10. The van der Waals surface area contributed by atoms with Crippen molar-refractivity contribution in [2.45, 2.75) is 20.5 Å². The largest absolute Gasteiger partial charge is 0.380 e. The molecule has 0 fully saturated rings. The predicted octanol–water partition coefficient (Wildman–Crippen LogP) is 3.03. The van der Waals surface area contributed by atoms with Crippen molar-refractivity contribution in [3.63, 3.8) is 0 Å². The van der Waals surface area contributed by atoms with E-state index in [-0.39, 0.29) is 0 Å². The Kier molecular flexibility index (Phi) is 4.53. The van der Waals surface area contributed by atoms with Crippen LogP contribution in [-0.4, -0.2) is 24.1 Å². The number of nitrogens with one attached hydrogen (secondary N) is 2. The first kappa shape index (κ1) is 14.3. The molecule has 0 aliphatic heterocycles. The van der Waals surface area contributed by atoms with Crippen LogP contribution in [0.15, 0.2) is 24.3 Å². The molecule has 2 rings (SSSR count). The lowest BCUT2D eigenvalue weighted by atomic mass is 10.2. The van der Waals surface area contributed by atoms with E-state index < -0.39 is 0 Å². The van der Waals surface area contributed by atoms with Crippen LogP contribution < -0.4 is 10.6 Å². The van der Waals surface area contributed by atoms with Crippen LogP contribution in [0.2, 0.25) is 0 Å². The van der Waals surface area contributed by atoms with Crippen LogP contribution in [0.3, 0.4) is 0 Å². The fourth-order valence-corrected chi connectivity index (χ4v) is 2.04. The molecule has 1 aromatic carbocycles. The van der Waals surface area contributed by atoms with E-state index in [2.05, 4.69) is 26.7 Å². The van der Waals surface area contributed by atoms with Crippen LogP contribution in [0.25, 0.3) is 0 Å². The van der Waals surface area contributed by atoms with Crippen molar-refractivity contribution in [3.05, 3.63) is 41.2 Å². The molecule has 1 aromatic heterocycles. The molecule has 0 saturated carbocycles. The molecule has 106 valence electrons. The van der Waals surface area contributed by atoms with E-state index in [1.807, 2.05) is 39.1 Å². The number of benzene rings is 1. The van der Waals surface area contributed by atoms with Gasteiger partial charge in [-0.3, -0.25) is 0 Å². The number of nitrogens with zero attached hydrogens (tertiary/aromatic N) is 2. The molecule has 5 nitrogen and oxygen atoms in total. The average Bonchev–Trinajstić information content (AvgIpc) is 2.43. The van der Waals surface area contributed by atoms with Crippen LogP contribution in [0.4, 0.5) is 17.3 Å². The maximum Gasteiger partial charge on any atom is 0.139 e. The van der Waals surface area contributed by atoms with Crippen LogP contribution in [0, 0.1) is 13.8 Å². The fourth-order valence-electron chi connectivity index (χ4n) is 2.04. The lowest BCUT2D eigenvalue weighted by Gasteiger charge is -2.13. The number of aromatic nitrogens is 2. The van der Waals surface area contributed by atoms with Crippen LogP contribution >= 0.6 is 0 Å². The third-order valence-electron chi connectivity index (χ3n) is 3.00. The van der Waals surface area contributed by atoms with Gasteiger partial charge in [0.1, 0.15) is 17.5 Å². The van der Waals surface area contributed by atoms with Gasteiger partial charge in [-0.05, 0) is 31.5 Å². The van der Waals surface area contributed by atoms with Gasteiger partial charge in [0.05, 0.1) is 6.61 Å². The number of rotatable bonds is 5. The van der Waals surface area contributed by atoms with Gasteiger partial charge in [0.15, 0.2) is 0 Å². The smallest absolute Gasteiger partial charge is 0.139 e. The van der Waals surface area contributed by atoms with Crippen molar-refractivity contribution in [1.29, 1.82) is 0 Å². The minimum Gasteiger partial charge on any atom is -0.380 e. The highest BCUT2D eigenvalue weighted by molar-refractivity contribution is 5.65. The highest BCUT2D eigenvalue weighted by atomic mass is 16.5. The molecule has 0 spiro atoms. The maximum atomic E-state index is 5.15. The van der Waals surface area contributed by atoms with E-state index in [0.29, 0.717) is 6.61 Å². The molecule has 0 aliphatic rings. The van der Waals surface area contributed by atoms with Crippen molar-refractivity contribution in [2.75, 3.05) is 24.8 Å². The second-order valence-corrected chi connectivity index (χ2v) is 4.60. The minimum absolute atomic E-state index is 0.596. The van der Waals surface area contributed by atoms with Crippen molar-refractivity contribution in [2.24, 2.45) is 0 Å². The first-order valence-electron chi connectivity index (χ1n) is 6.52. The normalized spacial score (nSPS) is 10.4. The van der Waals surface area contributed by atoms with E-state index in [9.17, 15) is 0 Å². The van der Waals surface area contributed by atoms with Gasteiger partial charge in [-0.1, -0.05) is 12.1 Å². The summed E-state index contributed by atoms with van der Waals surface area (Å²) in [7, 11) is 3.55. The summed E-state index contributed by atoms with van der Waals surface area (Å²) in [5.41, 5.74) is 3.10. The number of hydrogen-bond donors (Lipinski definition) is 2. The highest BCUT2D eigenvalue weighted by Gasteiger charge is 2.08. The Morgan fingerprint density at radius 1 is 1.15 bits per heavy atom. The van der Waals surface area contributed by atoms with Crippen molar-refractivity contribution in [3.8, 4) is 0 Å². The third-order valence-corrected chi connectivity index (χ3v) is 3.00. The maximum absolute atomic E-state index is 5.15. The van der Waals surface area contributed by atoms with Gasteiger partial charge in [-0.2, -0.15) is 0 Å². The summed E-state index contributed by atoms with van der Waals surface area (Å²) < 4.78 is 5.15. The summed E-state index contributed by atoms with van der Waals surface area (Å²) in [5, 5.41) is 6.42. The molecule has 0 unspecified atom stereocenters. The summed E-state index contributed by atoms with van der Waals surface area (Å²) >= 11 is 0. The highest BCUT2D eigenvalue weighted by Crippen LogP contribution is 2.23. The number of hydrogen-bond acceptors (Lipinski definition) is 5. The van der Waals surface area contributed by atoms with Gasteiger partial charge >= 0.3 is 0 Å². The van der Waals surface area contributed by atoms with E-state index in [1.165, 1.54) is 0 Å². The molecule has 0 saturated heterocycles. The van der Waals surface area contributed by atoms with Crippen molar-refractivity contribution < 1.29 is 4.74 Å². The second kappa shape index (κ2) is 6.34. The van der Waals surface area contributed by atoms with Crippen molar-refractivity contribution in [1.82, 2.24) is 9.97 Å². The Morgan fingerprint density at radius 3 is 2.60 bits per heavy atom. The Balaban J connectivity index is 2.30. The molecule has 0 bridgehead atoms. The number of methoxy groups -OCH3 is 1. The summed E-state index contributed by atoms with van der Waals surface area (Å²) in [5.74, 6) is 2.39. The second-order valence-electron chi connectivity index (χ2n) is 4.60. The Morgan fingerprint density at radius 2 is 1.90 bits per heavy atom. The van der Waals surface area contributed by atoms with Gasteiger partial charge in [0.2, 0.25) is 0 Å². The molecule has 5 heteroatoms. The van der Waals surface area contributed by atoms with E-state index in [4.69, 9.17) is 4.74 Å². The molecule has 0 atom stereocenters. The van der Waals surface area contributed by atoms with Crippen LogP contribution in [0.5, 0.6) is 0 Å². The molecular formula is C15H20N4O. The Hall–Kier alpha value is -2.14. The molecule has 2 aromatic rings. The zero-order chi connectivity index (χ0) is 14.5. The zero-order valence-electron chi connectivity index (χ0n) is 12.3. The lowest BCUT2D eigenvalue weighted by molar-refractivity contribution is 0.185. The summed E-state index contributed by atoms with van der Waals surface area (Å²) in [6.07, 6.45) is 0. The molecule has 1 heterocycles. The Bertz CT molecular complexity index is 598. The minimum atomic E-state index is 0.596. The van der Waals surface area contributed by atoms with Crippen LogP contribution in [-0.2, 0) is 11.3 Å².